The Balaban J connectivity index is 1.64. The Kier molecular flexibility index (Phi) is 6.10. The third-order valence-corrected chi connectivity index (χ3v) is 5.58. The van der Waals surface area contributed by atoms with Gasteiger partial charge in [0.2, 0.25) is 5.91 Å². The first kappa shape index (κ1) is 20.4. The van der Waals surface area contributed by atoms with Crippen molar-refractivity contribution in [2.75, 3.05) is 11.1 Å². The molecule has 0 spiro atoms. The lowest BCUT2D eigenvalue weighted by Gasteiger charge is -2.19. The molecule has 0 saturated heterocycles. The lowest BCUT2D eigenvalue weighted by molar-refractivity contribution is -0.113. The van der Waals surface area contributed by atoms with Gasteiger partial charge in [0.05, 0.1) is 5.75 Å². The van der Waals surface area contributed by atoms with Crippen molar-refractivity contribution in [2.24, 2.45) is 7.05 Å². The summed E-state index contributed by atoms with van der Waals surface area (Å²) >= 11 is 7.21. The van der Waals surface area contributed by atoms with Crippen molar-refractivity contribution in [3.8, 4) is 11.4 Å². The Morgan fingerprint density at radius 2 is 1.71 bits per heavy atom. The zero-order valence-corrected chi connectivity index (χ0v) is 17.9. The lowest BCUT2D eigenvalue weighted by atomic mass is 9.87. The fraction of sp³-hybridized carbons (Fsp3) is 0.286. The molecule has 0 fully saturated rings. The molecule has 1 aromatic heterocycles. The summed E-state index contributed by atoms with van der Waals surface area (Å²) in [6, 6.07) is 15.4. The molecule has 0 unspecified atom stereocenters. The number of carbonyl (C=O) groups excluding carboxylic acids is 1. The number of carbonyl (C=O) groups is 1. The van der Waals surface area contributed by atoms with Crippen LogP contribution >= 0.6 is 23.4 Å². The minimum Gasteiger partial charge on any atom is -0.325 e. The predicted octanol–water partition coefficient (Wildman–Crippen LogP) is 5.16. The van der Waals surface area contributed by atoms with Crippen molar-refractivity contribution in [2.45, 2.75) is 31.3 Å². The average molecular weight is 415 g/mol. The topological polar surface area (TPSA) is 59.8 Å². The van der Waals surface area contributed by atoms with Crippen LogP contribution in [-0.4, -0.2) is 26.4 Å². The van der Waals surface area contributed by atoms with E-state index in [1.165, 1.54) is 17.3 Å². The van der Waals surface area contributed by atoms with Gasteiger partial charge in [0, 0.05) is 23.3 Å². The molecule has 0 aliphatic heterocycles. The second kappa shape index (κ2) is 8.37. The highest BCUT2D eigenvalue weighted by Gasteiger charge is 2.16. The SMILES string of the molecule is Cn1c(SCC(=O)Nc2ccc(Cl)cc2)nnc1-c1ccc(C(C)(C)C)cc1. The van der Waals surface area contributed by atoms with Gasteiger partial charge in [0.25, 0.3) is 0 Å². The van der Waals surface area contributed by atoms with Gasteiger partial charge < -0.3 is 9.88 Å². The molecule has 3 rings (SSSR count). The second-order valence-corrected chi connectivity index (χ2v) is 8.92. The maximum atomic E-state index is 12.2. The molecular weight excluding hydrogens is 392 g/mol. The van der Waals surface area contributed by atoms with Crippen LogP contribution in [0.2, 0.25) is 5.02 Å². The first-order chi connectivity index (χ1) is 13.2. The third kappa shape index (κ3) is 4.94. The van der Waals surface area contributed by atoms with Gasteiger partial charge in [-0.25, -0.2) is 0 Å². The minimum absolute atomic E-state index is 0.105. The van der Waals surface area contributed by atoms with Gasteiger partial charge in [0.15, 0.2) is 11.0 Å². The van der Waals surface area contributed by atoms with Gasteiger partial charge in [-0.3, -0.25) is 4.79 Å². The van der Waals surface area contributed by atoms with E-state index in [0.29, 0.717) is 15.9 Å². The molecule has 0 aliphatic rings. The van der Waals surface area contributed by atoms with Gasteiger partial charge >= 0.3 is 0 Å². The quantitative estimate of drug-likeness (QED) is 0.585. The highest BCUT2D eigenvalue weighted by Crippen LogP contribution is 2.27. The smallest absolute Gasteiger partial charge is 0.234 e. The summed E-state index contributed by atoms with van der Waals surface area (Å²) in [5.41, 5.74) is 3.09. The number of hydrogen-bond donors (Lipinski definition) is 1. The number of amides is 1. The van der Waals surface area contributed by atoms with E-state index in [2.05, 4.69) is 60.6 Å². The highest BCUT2D eigenvalue weighted by molar-refractivity contribution is 7.99. The van der Waals surface area contributed by atoms with Crippen LogP contribution in [0, 0.1) is 0 Å². The van der Waals surface area contributed by atoms with E-state index in [-0.39, 0.29) is 17.1 Å². The van der Waals surface area contributed by atoms with E-state index in [1.807, 2.05) is 11.6 Å². The van der Waals surface area contributed by atoms with Crippen molar-refractivity contribution in [1.82, 2.24) is 14.8 Å². The maximum Gasteiger partial charge on any atom is 0.234 e. The molecule has 0 saturated carbocycles. The molecule has 0 atom stereocenters. The summed E-state index contributed by atoms with van der Waals surface area (Å²) in [5, 5.41) is 12.7. The van der Waals surface area contributed by atoms with Crippen molar-refractivity contribution in [3.63, 3.8) is 0 Å². The van der Waals surface area contributed by atoms with Gasteiger partial charge in [0.1, 0.15) is 0 Å². The van der Waals surface area contributed by atoms with Gasteiger partial charge in [-0.1, -0.05) is 68.4 Å². The summed E-state index contributed by atoms with van der Waals surface area (Å²) in [7, 11) is 1.91. The predicted molar refractivity (Wildman–Crippen MR) is 116 cm³/mol. The van der Waals surface area contributed by atoms with Crippen LogP contribution in [0.5, 0.6) is 0 Å². The minimum atomic E-state index is -0.105. The molecule has 1 amide bonds. The summed E-state index contributed by atoms with van der Waals surface area (Å²) in [4.78, 5) is 12.2. The number of hydrogen-bond acceptors (Lipinski definition) is 4. The average Bonchev–Trinajstić information content (AvgIpc) is 3.02. The molecule has 1 N–H and O–H groups in total. The van der Waals surface area contributed by atoms with Crippen molar-refractivity contribution in [1.29, 1.82) is 0 Å². The van der Waals surface area contributed by atoms with Gasteiger partial charge in [-0.05, 0) is 35.2 Å². The fourth-order valence-electron chi connectivity index (χ4n) is 2.67. The van der Waals surface area contributed by atoms with Crippen LogP contribution in [0.25, 0.3) is 11.4 Å². The zero-order valence-electron chi connectivity index (χ0n) is 16.4. The maximum absolute atomic E-state index is 12.2. The molecule has 5 nitrogen and oxygen atoms in total. The number of nitrogens with zero attached hydrogens (tertiary/aromatic N) is 3. The summed E-state index contributed by atoms with van der Waals surface area (Å²) in [6.07, 6.45) is 0. The lowest BCUT2D eigenvalue weighted by Crippen LogP contribution is -2.14. The van der Waals surface area contributed by atoms with E-state index < -0.39 is 0 Å². The molecule has 28 heavy (non-hydrogen) atoms. The number of rotatable bonds is 5. The highest BCUT2D eigenvalue weighted by atomic mass is 35.5. The van der Waals surface area contributed by atoms with Crippen molar-refractivity contribution < 1.29 is 4.79 Å². The first-order valence-corrected chi connectivity index (χ1v) is 10.3. The Bertz CT molecular complexity index is 960. The van der Waals surface area contributed by atoms with Crippen LogP contribution in [0.3, 0.4) is 0 Å². The summed E-state index contributed by atoms with van der Waals surface area (Å²) < 4.78 is 1.91. The van der Waals surface area contributed by atoms with Crippen molar-refractivity contribution >= 4 is 35.0 Å². The van der Waals surface area contributed by atoms with E-state index in [1.54, 1.807) is 24.3 Å². The van der Waals surface area contributed by atoms with Gasteiger partial charge in [-0.15, -0.1) is 10.2 Å². The number of nitrogens with one attached hydrogen (secondary N) is 1. The Labute approximate surface area is 174 Å². The largest absolute Gasteiger partial charge is 0.325 e. The van der Waals surface area contributed by atoms with Crippen LogP contribution in [0.15, 0.2) is 53.7 Å². The number of halogens is 1. The standard InChI is InChI=1S/C21H23ClN4OS/c1-21(2,3)15-7-5-14(6-8-15)19-24-25-20(26(19)4)28-13-18(27)23-17-11-9-16(22)10-12-17/h5-12H,13H2,1-4H3,(H,23,27). The van der Waals surface area contributed by atoms with E-state index in [0.717, 1.165) is 11.4 Å². The van der Waals surface area contributed by atoms with E-state index in [4.69, 9.17) is 11.6 Å². The summed E-state index contributed by atoms with van der Waals surface area (Å²) in [6.45, 7) is 6.57. The molecule has 2 aromatic carbocycles. The molecule has 7 heteroatoms. The number of anilines is 1. The van der Waals surface area contributed by atoms with Crippen LogP contribution < -0.4 is 5.32 Å². The molecule has 0 aliphatic carbocycles. The van der Waals surface area contributed by atoms with E-state index in [9.17, 15) is 4.79 Å². The zero-order chi connectivity index (χ0) is 20.3. The fourth-order valence-corrected chi connectivity index (χ4v) is 3.51. The Morgan fingerprint density at radius 3 is 2.32 bits per heavy atom. The number of benzene rings is 2. The molecule has 146 valence electrons. The second-order valence-electron chi connectivity index (χ2n) is 7.54. The number of aromatic nitrogens is 3. The molecular formula is C21H23ClN4OS. The van der Waals surface area contributed by atoms with Crippen LogP contribution in [0.1, 0.15) is 26.3 Å². The number of thioether (sulfide) groups is 1. The molecule has 3 aromatic rings. The van der Waals surface area contributed by atoms with Crippen LogP contribution in [-0.2, 0) is 17.3 Å². The first-order valence-electron chi connectivity index (χ1n) is 8.92. The van der Waals surface area contributed by atoms with E-state index >= 15 is 0 Å². The normalized spacial score (nSPS) is 11.5. The Hall–Kier alpha value is -2.31. The molecule has 0 radical (unpaired) electrons. The molecule has 0 bridgehead atoms. The van der Waals surface area contributed by atoms with Gasteiger partial charge in [-0.2, -0.15) is 0 Å². The molecule has 1 heterocycles. The Morgan fingerprint density at radius 1 is 1.07 bits per heavy atom. The van der Waals surface area contributed by atoms with Crippen LogP contribution in [0.4, 0.5) is 5.69 Å². The third-order valence-electron chi connectivity index (χ3n) is 4.30. The van der Waals surface area contributed by atoms with Crippen molar-refractivity contribution in [3.05, 3.63) is 59.1 Å². The monoisotopic (exact) mass is 414 g/mol. The summed E-state index contributed by atoms with van der Waals surface area (Å²) in [5.74, 6) is 0.921.